The molecule has 0 saturated carbocycles. The summed E-state index contributed by atoms with van der Waals surface area (Å²) in [6, 6.07) is 0. The average molecular weight is 379 g/mol. The summed E-state index contributed by atoms with van der Waals surface area (Å²) in [5.74, 6) is 0.819. The Kier molecular flexibility index (Phi) is 13.7. The molecule has 0 radical (unpaired) electrons. The Morgan fingerprint density at radius 1 is 0.708 bits per heavy atom. The summed E-state index contributed by atoms with van der Waals surface area (Å²) < 4.78 is 10.5. The molecule has 2 atom stereocenters. The molecule has 0 aliphatic rings. The zero-order chi connectivity index (χ0) is 18.5. The minimum absolute atomic E-state index is 0.214. The maximum absolute atomic E-state index is 11.9. The zero-order valence-electron chi connectivity index (χ0n) is 16.0. The number of rotatable bonds is 13. The van der Waals surface area contributed by atoms with Crippen molar-refractivity contribution in [3.63, 3.8) is 0 Å². The van der Waals surface area contributed by atoms with Gasteiger partial charge in [-0.1, -0.05) is 49.3 Å². The summed E-state index contributed by atoms with van der Waals surface area (Å²) in [4.78, 5) is 23.7. The lowest BCUT2D eigenvalue weighted by Gasteiger charge is -2.14. The lowest BCUT2D eigenvalue weighted by Crippen LogP contribution is -2.20. The van der Waals surface area contributed by atoms with Crippen LogP contribution < -0.4 is 0 Å². The molecular weight excluding hydrogens is 344 g/mol. The van der Waals surface area contributed by atoms with Crippen LogP contribution in [-0.2, 0) is 19.1 Å². The Labute approximate surface area is 155 Å². The van der Waals surface area contributed by atoms with Crippen LogP contribution in [0.2, 0.25) is 0 Å². The Morgan fingerprint density at radius 3 is 1.33 bits per heavy atom. The molecule has 0 aromatic carbocycles. The monoisotopic (exact) mass is 378 g/mol. The smallest absolute Gasteiger partial charge is 0.319 e. The third-order valence-electron chi connectivity index (χ3n) is 3.35. The highest BCUT2D eigenvalue weighted by Gasteiger charge is 2.21. The van der Waals surface area contributed by atoms with Gasteiger partial charge in [-0.3, -0.25) is 9.59 Å². The minimum atomic E-state index is -0.287. The topological polar surface area (TPSA) is 52.6 Å². The molecule has 0 aromatic rings. The summed E-state index contributed by atoms with van der Waals surface area (Å²) in [6.07, 6.45) is 3.91. The molecule has 0 amide bonds. The van der Waals surface area contributed by atoms with Crippen molar-refractivity contribution in [1.29, 1.82) is 0 Å². The van der Waals surface area contributed by atoms with E-state index in [1.54, 1.807) is 0 Å². The third-order valence-corrected chi connectivity index (χ3v) is 6.49. The number of carbonyl (C=O) groups excluding carboxylic acids is 2. The van der Waals surface area contributed by atoms with Crippen LogP contribution in [0.25, 0.3) is 0 Å². The first-order valence-corrected chi connectivity index (χ1v) is 11.2. The molecule has 0 fully saturated rings. The first-order valence-electron chi connectivity index (χ1n) is 8.89. The van der Waals surface area contributed by atoms with E-state index in [0.29, 0.717) is 25.0 Å². The van der Waals surface area contributed by atoms with E-state index in [0.717, 1.165) is 25.7 Å². The van der Waals surface area contributed by atoms with Crippen LogP contribution in [0.15, 0.2) is 0 Å². The maximum atomic E-state index is 11.9. The largest absolute Gasteiger partial charge is 0.465 e. The van der Waals surface area contributed by atoms with E-state index in [-0.39, 0.29) is 22.4 Å². The van der Waals surface area contributed by atoms with Gasteiger partial charge in [0.15, 0.2) is 0 Å². The Morgan fingerprint density at radius 2 is 1.04 bits per heavy atom. The first kappa shape index (κ1) is 23.6. The predicted octanol–water partition coefficient (Wildman–Crippen LogP) is 5.10. The van der Waals surface area contributed by atoms with Crippen LogP contribution in [-0.4, -0.2) is 35.7 Å². The molecule has 0 N–H and O–H groups in total. The van der Waals surface area contributed by atoms with Crippen LogP contribution in [0.1, 0.15) is 67.2 Å². The van der Waals surface area contributed by atoms with E-state index >= 15 is 0 Å². The molecule has 0 aliphatic carbocycles. The molecule has 0 bridgehead atoms. The molecule has 0 aromatic heterocycles. The molecule has 0 saturated heterocycles. The van der Waals surface area contributed by atoms with Crippen molar-refractivity contribution in [1.82, 2.24) is 0 Å². The molecule has 0 rings (SSSR count). The molecule has 0 aliphatic heterocycles. The van der Waals surface area contributed by atoms with Crippen LogP contribution >= 0.6 is 21.6 Å². The first-order chi connectivity index (χ1) is 11.2. The van der Waals surface area contributed by atoms with Gasteiger partial charge in [-0.15, -0.1) is 0 Å². The molecule has 4 nitrogen and oxygen atoms in total. The number of hydrogen-bond donors (Lipinski definition) is 0. The fourth-order valence-corrected chi connectivity index (χ4v) is 3.91. The molecule has 2 unspecified atom stereocenters. The van der Waals surface area contributed by atoms with Gasteiger partial charge in [-0.2, -0.15) is 0 Å². The number of esters is 2. The van der Waals surface area contributed by atoms with Gasteiger partial charge in [0.2, 0.25) is 0 Å². The maximum Gasteiger partial charge on any atom is 0.319 e. The van der Waals surface area contributed by atoms with E-state index in [1.807, 2.05) is 13.8 Å². The summed E-state index contributed by atoms with van der Waals surface area (Å²) in [5, 5.41) is -0.574. The van der Waals surface area contributed by atoms with Gasteiger partial charge in [0.25, 0.3) is 0 Å². The van der Waals surface area contributed by atoms with E-state index in [9.17, 15) is 9.59 Å². The summed E-state index contributed by atoms with van der Waals surface area (Å²) in [5.41, 5.74) is 0. The van der Waals surface area contributed by atoms with Gasteiger partial charge in [-0.05, 0) is 51.4 Å². The van der Waals surface area contributed by atoms with Crippen molar-refractivity contribution < 1.29 is 19.1 Å². The lowest BCUT2D eigenvalue weighted by molar-refractivity contribution is -0.143. The highest BCUT2D eigenvalue weighted by atomic mass is 33.1. The highest BCUT2D eigenvalue weighted by Crippen LogP contribution is 2.32. The SMILES string of the molecule is CC(C)CCCOC(=O)C(C)SSC(C)C(=O)OCCCC(C)C. The van der Waals surface area contributed by atoms with Crippen molar-refractivity contribution in [2.24, 2.45) is 11.8 Å². The van der Waals surface area contributed by atoms with E-state index in [2.05, 4.69) is 27.7 Å². The van der Waals surface area contributed by atoms with Gasteiger partial charge < -0.3 is 9.47 Å². The predicted molar refractivity (Wildman–Crippen MR) is 104 cm³/mol. The summed E-state index contributed by atoms with van der Waals surface area (Å²) in [7, 11) is 2.74. The van der Waals surface area contributed by atoms with Gasteiger partial charge in [-0.25, -0.2) is 0 Å². The van der Waals surface area contributed by atoms with Gasteiger partial charge >= 0.3 is 11.9 Å². The number of hydrogen-bond acceptors (Lipinski definition) is 6. The second kappa shape index (κ2) is 13.9. The highest BCUT2D eigenvalue weighted by molar-refractivity contribution is 8.77. The van der Waals surface area contributed by atoms with Gasteiger partial charge in [0.05, 0.1) is 13.2 Å². The van der Waals surface area contributed by atoms with Crippen LogP contribution in [0.5, 0.6) is 0 Å². The second-order valence-corrected chi connectivity index (χ2v) is 9.84. The lowest BCUT2D eigenvalue weighted by atomic mass is 10.1. The number of ether oxygens (including phenoxy) is 2. The van der Waals surface area contributed by atoms with Crippen molar-refractivity contribution in [2.75, 3.05) is 13.2 Å². The van der Waals surface area contributed by atoms with Gasteiger partial charge in [0, 0.05) is 0 Å². The Balaban J connectivity index is 3.84. The molecule has 0 spiro atoms. The molecule has 6 heteroatoms. The number of carbonyl (C=O) groups is 2. The molecule has 24 heavy (non-hydrogen) atoms. The average Bonchev–Trinajstić information content (AvgIpc) is 2.51. The van der Waals surface area contributed by atoms with Crippen LogP contribution in [0.3, 0.4) is 0 Å². The van der Waals surface area contributed by atoms with Crippen molar-refractivity contribution in [3.05, 3.63) is 0 Å². The van der Waals surface area contributed by atoms with E-state index < -0.39 is 0 Å². The van der Waals surface area contributed by atoms with Crippen LogP contribution in [0.4, 0.5) is 0 Å². The van der Waals surface area contributed by atoms with E-state index in [1.165, 1.54) is 21.6 Å². The quantitative estimate of drug-likeness (QED) is 0.252. The molecular formula is C18H34O4S2. The van der Waals surface area contributed by atoms with E-state index in [4.69, 9.17) is 9.47 Å². The molecule has 0 heterocycles. The van der Waals surface area contributed by atoms with Crippen LogP contribution in [0, 0.1) is 11.8 Å². The Hall–Kier alpha value is -0.360. The fraction of sp³-hybridized carbons (Fsp3) is 0.889. The second-order valence-electron chi connectivity index (χ2n) is 6.88. The van der Waals surface area contributed by atoms with Crippen molar-refractivity contribution in [2.45, 2.75) is 77.7 Å². The standard InChI is InChI=1S/C18H34O4S2/c1-13(2)9-7-11-21-17(19)15(5)23-24-16(6)18(20)22-12-8-10-14(3)4/h13-16H,7-12H2,1-6H3. The summed E-state index contributed by atoms with van der Waals surface area (Å²) in [6.45, 7) is 13.2. The Bertz CT molecular complexity index is 325. The fourth-order valence-electron chi connectivity index (χ4n) is 1.81. The normalized spacial score (nSPS) is 13.8. The van der Waals surface area contributed by atoms with Crippen molar-refractivity contribution in [3.8, 4) is 0 Å². The minimum Gasteiger partial charge on any atom is -0.465 e. The van der Waals surface area contributed by atoms with Gasteiger partial charge in [0.1, 0.15) is 10.5 Å². The summed E-state index contributed by atoms with van der Waals surface area (Å²) >= 11 is 0. The molecule has 142 valence electrons. The van der Waals surface area contributed by atoms with Crippen molar-refractivity contribution >= 4 is 33.5 Å². The third kappa shape index (κ3) is 13.0. The zero-order valence-corrected chi connectivity index (χ0v) is 17.6.